The van der Waals surface area contributed by atoms with Gasteiger partial charge >= 0.3 is 24.2 Å². The third-order valence-corrected chi connectivity index (χ3v) is 1.41. The van der Waals surface area contributed by atoms with Gasteiger partial charge in [-0.1, -0.05) is 0 Å². The van der Waals surface area contributed by atoms with E-state index in [2.05, 4.69) is 9.47 Å². The van der Waals surface area contributed by atoms with Crippen molar-refractivity contribution in [3.8, 4) is 0 Å². The largest absolute Gasteiger partial charge is 0.513 e. The summed E-state index contributed by atoms with van der Waals surface area (Å²) >= 11 is 0. The number of esters is 2. The Labute approximate surface area is 89.8 Å². The molecule has 0 atom stereocenters. The number of hydrogen-bond donors (Lipinski definition) is 2. The summed E-state index contributed by atoms with van der Waals surface area (Å²) in [5.41, 5.74) is 0. The third-order valence-electron chi connectivity index (χ3n) is 1.41. The van der Waals surface area contributed by atoms with Gasteiger partial charge in [-0.15, -0.1) is 0 Å². The molecular weight excluding hydrogens is 224 g/mol. The molecule has 0 aromatic heterocycles. The van der Waals surface area contributed by atoms with E-state index in [1.807, 2.05) is 0 Å². The maximum Gasteiger partial charge on any atom is 0.513 e. The van der Waals surface area contributed by atoms with E-state index < -0.39 is 24.2 Å². The van der Waals surface area contributed by atoms with Gasteiger partial charge in [0, 0.05) is 12.8 Å². The van der Waals surface area contributed by atoms with Crippen LogP contribution in [0.15, 0.2) is 0 Å². The normalized spacial score (nSPS) is 9.25. The Balaban J connectivity index is 3.53. The van der Waals surface area contributed by atoms with E-state index in [1.54, 1.807) is 0 Å². The second-order valence-electron chi connectivity index (χ2n) is 2.69. The highest BCUT2D eigenvalue weighted by Gasteiger charge is 2.10. The molecule has 16 heavy (non-hydrogen) atoms. The molecule has 0 rings (SSSR count). The first-order valence-electron chi connectivity index (χ1n) is 4.29. The fraction of sp³-hybridized carbons (Fsp3) is 0.500. The lowest BCUT2D eigenvalue weighted by Crippen LogP contribution is -2.11. The molecule has 0 heterocycles. The zero-order valence-corrected chi connectivity index (χ0v) is 8.17. The van der Waals surface area contributed by atoms with Gasteiger partial charge in [0.2, 0.25) is 0 Å². The molecule has 2 N–H and O–H groups in total. The van der Waals surface area contributed by atoms with Crippen LogP contribution in [0.5, 0.6) is 0 Å². The molecule has 0 saturated heterocycles. The number of hydrogen-bond acceptors (Lipinski definition) is 6. The van der Waals surface area contributed by atoms with E-state index in [4.69, 9.17) is 10.2 Å². The lowest BCUT2D eigenvalue weighted by atomic mass is 10.2. The predicted octanol–water partition coefficient (Wildman–Crippen LogP) is 0.989. The maximum atomic E-state index is 10.7. The molecule has 0 saturated carbocycles. The monoisotopic (exact) mass is 234 g/mol. The molecule has 0 aromatic carbocycles. The van der Waals surface area contributed by atoms with Gasteiger partial charge in [0.15, 0.2) is 0 Å². The van der Waals surface area contributed by atoms with Gasteiger partial charge in [0.25, 0.3) is 0 Å². The van der Waals surface area contributed by atoms with Crippen LogP contribution in [0.25, 0.3) is 0 Å². The fourth-order valence-electron chi connectivity index (χ4n) is 0.836. The highest BCUT2D eigenvalue weighted by molar-refractivity contribution is 5.81. The summed E-state index contributed by atoms with van der Waals surface area (Å²) in [5.74, 6) is -1.83. The molecular formula is C8H10O8. The summed E-state index contributed by atoms with van der Waals surface area (Å²) in [7, 11) is 0. The molecule has 0 bridgehead atoms. The third kappa shape index (κ3) is 8.48. The van der Waals surface area contributed by atoms with Crippen LogP contribution in [0, 0.1) is 0 Å². The van der Waals surface area contributed by atoms with Gasteiger partial charge in [-0.25, -0.2) is 9.59 Å². The van der Waals surface area contributed by atoms with Crippen LogP contribution in [0.4, 0.5) is 9.59 Å². The lowest BCUT2D eigenvalue weighted by molar-refractivity contribution is -0.141. The van der Waals surface area contributed by atoms with Gasteiger partial charge in [0.1, 0.15) is 0 Å². The van der Waals surface area contributed by atoms with Gasteiger partial charge < -0.3 is 19.7 Å². The Kier molecular flexibility index (Phi) is 6.25. The average Bonchev–Trinajstić information content (AvgIpc) is 2.10. The molecule has 0 unspecified atom stereocenters. The van der Waals surface area contributed by atoms with E-state index >= 15 is 0 Å². The van der Waals surface area contributed by atoms with Crippen LogP contribution in [-0.4, -0.2) is 34.5 Å². The Hall–Kier alpha value is -2.12. The van der Waals surface area contributed by atoms with Crippen LogP contribution >= 0.6 is 0 Å². The molecule has 0 radical (unpaired) electrons. The highest BCUT2D eigenvalue weighted by atomic mass is 16.7. The summed E-state index contributed by atoms with van der Waals surface area (Å²) in [6.45, 7) is 0. The summed E-state index contributed by atoms with van der Waals surface area (Å²) in [6.07, 6.45) is -3.27. The van der Waals surface area contributed by atoms with E-state index in [0.717, 1.165) is 0 Å². The predicted molar refractivity (Wildman–Crippen MR) is 46.7 cm³/mol. The Morgan fingerprint density at radius 3 is 1.31 bits per heavy atom. The molecule has 90 valence electrons. The van der Waals surface area contributed by atoms with Crippen molar-refractivity contribution in [1.82, 2.24) is 0 Å². The van der Waals surface area contributed by atoms with E-state index in [9.17, 15) is 19.2 Å². The maximum absolute atomic E-state index is 10.7. The number of unbranched alkanes of at least 4 members (excludes halogenated alkanes) is 1. The topological polar surface area (TPSA) is 127 Å². The van der Waals surface area contributed by atoms with Gasteiger partial charge in [-0.05, 0) is 12.8 Å². The van der Waals surface area contributed by atoms with Crippen molar-refractivity contribution in [3.63, 3.8) is 0 Å². The second kappa shape index (κ2) is 7.21. The van der Waals surface area contributed by atoms with Gasteiger partial charge in [-0.3, -0.25) is 9.59 Å². The number of carboxylic acid groups (broad SMARTS) is 2. The minimum Gasteiger partial charge on any atom is -0.449 e. The first-order valence-corrected chi connectivity index (χ1v) is 4.29. The molecule has 0 aliphatic heterocycles. The SMILES string of the molecule is O=C(O)OC(=O)CCCCC(=O)OC(=O)O. The van der Waals surface area contributed by atoms with Crippen molar-refractivity contribution < 1.29 is 38.9 Å². The Morgan fingerprint density at radius 2 is 1.06 bits per heavy atom. The lowest BCUT2D eigenvalue weighted by Gasteiger charge is -1.99. The summed E-state index contributed by atoms with van der Waals surface area (Å²) in [4.78, 5) is 41.1. The van der Waals surface area contributed by atoms with Crippen LogP contribution in [0.3, 0.4) is 0 Å². The van der Waals surface area contributed by atoms with Crippen LogP contribution in [-0.2, 0) is 19.1 Å². The van der Waals surface area contributed by atoms with E-state index in [-0.39, 0.29) is 25.7 Å². The van der Waals surface area contributed by atoms with Crippen molar-refractivity contribution in [3.05, 3.63) is 0 Å². The summed E-state index contributed by atoms with van der Waals surface area (Å²) in [6, 6.07) is 0. The second-order valence-corrected chi connectivity index (χ2v) is 2.69. The number of carbonyl (C=O) groups is 4. The summed E-state index contributed by atoms with van der Waals surface area (Å²) < 4.78 is 7.58. The number of ether oxygens (including phenoxy) is 2. The molecule has 0 spiro atoms. The molecule has 8 heteroatoms. The zero-order valence-electron chi connectivity index (χ0n) is 8.17. The standard InChI is InChI=1S/C8H10O8/c9-5(15-7(11)12)3-1-2-4-6(10)16-8(13)14/h1-4H2,(H,11,12)(H,13,14). The molecule has 0 amide bonds. The van der Waals surface area contributed by atoms with Crippen molar-refractivity contribution in [2.24, 2.45) is 0 Å². The van der Waals surface area contributed by atoms with Gasteiger partial charge in [0.05, 0.1) is 0 Å². The van der Waals surface area contributed by atoms with E-state index in [0.29, 0.717) is 0 Å². The first kappa shape index (κ1) is 13.9. The molecule has 8 nitrogen and oxygen atoms in total. The average molecular weight is 234 g/mol. The number of carbonyl (C=O) groups excluding carboxylic acids is 2. The Bertz CT molecular complexity index is 264. The Morgan fingerprint density at radius 1 is 0.750 bits per heavy atom. The molecule has 0 aliphatic carbocycles. The van der Waals surface area contributed by atoms with Crippen LogP contribution in [0.1, 0.15) is 25.7 Å². The zero-order chi connectivity index (χ0) is 12.6. The highest BCUT2D eigenvalue weighted by Crippen LogP contribution is 2.03. The van der Waals surface area contributed by atoms with Crippen molar-refractivity contribution >= 4 is 24.2 Å². The number of rotatable bonds is 5. The molecule has 0 aliphatic rings. The minimum atomic E-state index is -1.68. The van der Waals surface area contributed by atoms with Gasteiger partial charge in [-0.2, -0.15) is 0 Å². The summed E-state index contributed by atoms with van der Waals surface area (Å²) in [5, 5.41) is 16.1. The fourth-order valence-corrected chi connectivity index (χ4v) is 0.836. The van der Waals surface area contributed by atoms with Crippen molar-refractivity contribution in [2.75, 3.05) is 0 Å². The van der Waals surface area contributed by atoms with Crippen LogP contribution < -0.4 is 0 Å². The quantitative estimate of drug-likeness (QED) is 0.409. The van der Waals surface area contributed by atoms with Crippen LogP contribution in [0.2, 0.25) is 0 Å². The smallest absolute Gasteiger partial charge is 0.449 e. The minimum absolute atomic E-state index is 0.160. The van der Waals surface area contributed by atoms with Crippen molar-refractivity contribution in [1.29, 1.82) is 0 Å². The molecule has 0 fully saturated rings. The first-order chi connectivity index (χ1) is 7.41. The van der Waals surface area contributed by atoms with E-state index in [1.165, 1.54) is 0 Å². The van der Waals surface area contributed by atoms with Crippen molar-refractivity contribution in [2.45, 2.75) is 25.7 Å². The molecule has 0 aromatic rings.